The van der Waals surface area contributed by atoms with E-state index in [0.29, 0.717) is 0 Å². The van der Waals surface area contributed by atoms with Crippen molar-refractivity contribution < 1.29 is 0 Å². The molecule has 17 heavy (non-hydrogen) atoms. The largest absolute Gasteiger partial charge is 0.399 e. The van der Waals surface area contributed by atoms with Gasteiger partial charge < -0.3 is 10.3 Å². The first kappa shape index (κ1) is 10.7. The van der Waals surface area contributed by atoms with Crippen LogP contribution in [-0.2, 0) is 13.0 Å². The van der Waals surface area contributed by atoms with Crippen LogP contribution in [0.2, 0.25) is 0 Å². The van der Waals surface area contributed by atoms with E-state index in [4.69, 9.17) is 5.73 Å². The molecule has 0 amide bonds. The molecule has 1 aromatic heterocycles. The van der Waals surface area contributed by atoms with Crippen molar-refractivity contribution in [3.05, 3.63) is 23.8 Å². The van der Waals surface area contributed by atoms with Crippen molar-refractivity contribution >= 4 is 17.4 Å². The third-order valence-corrected chi connectivity index (χ3v) is 3.82. The summed E-state index contributed by atoms with van der Waals surface area (Å²) in [5.41, 5.74) is 9.07. The number of thioether (sulfide) groups is 1. The van der Waals surface area contributed by atoms with Crippen molar-refractivity contribution in [1.82, 2.24) is 14.8 Å². The highest BCUT2D eigenvalue weighted by atomic mass is 32.2. The number of aryl methyl sites for hydroxylation is 1. The molecule has 0 atom stereocenters. The first-order valence-corrected chi connectivity index (χ1v) is 6.73. The molecule has 88 valence electrons. The molecular weight excluding hydrogens is 232 g/mol. The van der Waals surface area contributed by atoms with E-state index >= 15 is 0 Å². The Morgan fingerprint density at radius 3 is 3.12 bits per heavy atom. The zero-order chi connectivity index (χ0) is 11.8. The molecule has 0 radical (unpaired) electrons. The van der Waals surface area contributed by atoms with Crippen LogP contribution in [0, 0.1) is 0 Å². The molecule has 0 aliphatic carbocycles. The Morgan fingerprint density at radius 2 is 2.29 bits per heavy atom. The van der Waals surface area contributed by atoms with Crippen LogP contribution >= 0.6 is 11.8 Å². The van der Waals surface area contributed by atoms with Gasteiger partial charge in [0.2, 0.25) is 0 Å². The van der Waals surface area contributed by atoms with Gasteiger partial charge >= 0.3 is 0 Å². The molecule has 1 aliphatic heterocycles. The Morgan fingerprint density at radius 1 is 1.41 bits per heavy atom. The molecule has 2 N–H and O–H groups in total. The average molecular weight is 246 g/mol. The predicted octanol–water partition coefficient (Wildman–Crippen LogP) is 2.20. The summed E-state index contributed by atoms with van der Waals surface area (Å²) in [5.74, 6) is 1.97. The summed E-state index contributed by atoms with van der Waals surface area (Å²) in [7, 11) is 0. The molecule has 1 aliphatic rings. The summed E-state index contributed by atoms with van der Waals surface area (Å²) in [5, 5.41) is 9.56. The van der Waals surface area contributed by atoms with Gasteiger partial charge in [-0.3, -0.25) is 0 Å². The Labute approximate surface area is 104 Å². The van der Waals surface area contributed by atoms with Crippen LogP contribution in [0.15, 0.2) is 23.4 Å². The number of nitrogens with zero attached hydrogens (tertiary/aromatic N) is 3. The van der Waals surface area contributed by atoms with Crippen LogP contribution in [0.5, 0.6) is 0 Å². The van der Waals surface area contributed by atoms with Crippen LogP contribution in [0.1, 0.15) is 12.5 Å². The maximum atomic E-state index is 5.84. The minimum absolute atomic E-state index is 0.782. The van der Waals surface area contributed by atoms with Gasteiger partial charge in [0.05, 0.1) is 0 Å². The number of nitrogens with two attached hydrogens (primary N) is 1. The molecule has 0 bridgehead atoms. The molecule has 2 heterocycles. The van der Waals surface area contributed by atoms with Gasteiger partial charge in [0.1, 0.15) is 0 Å². The third kappa shape index (κ3) is 1.70. The first-order valence-electron chi connectivity index (χ1n) is 5.74. The van der Waals surface area contributed by atoms with Crippen LogP contribution in [0.3, 0.4) is 0 Å². The molecule has 0 saturated carbocycles. The van der Waals surface area contributed by atoms with E-state index in [1.54, 1.807) is 11.8 Å². The van der Waals surface area contributed by atoms with Crippen LogP contribution in [0.4, 0.5) is 5.69 Å². The summed E-state index contributed by atoms with van der Waals surface area (Å²) in [4.78, 5) is 0. The van der Waals surface area contributed by atoms with Crippen LogP contribution in [0.25, 0.3) is 11.4 Å². The van der Waals surface area contributed by atoms with E-state index < -0.39 is 0 Å². The molecule has 4 nitrogen and oxygen atoms in total. The lowest BCUT2D eigenvalue weighted by Gasteiger charge is -2.18. The highest BCUT2D eigenvalue weighted by Crippen LogP contribution is 2.32. The quantitative estimate of drug-likeness (QED) is 0.652. The molecule has 5 heteroatoms. The fourth-order valence-corrected chi connectivity index (χ4v) is 2.87. The number of nitrogen functional groups attached to an aromatic ring is 1. The number of anilines is 1. The smallest absolute Gasteiger partial charge is 0.191 e. The van der Waals surface area contributed by atoms with E-state index in [0.717, 1.165) is 41.0 Å². The van der Waals surface area contributed by atoms with E-state index in [-0.39, 0.29) is 0 Å². The highest BCUT2D eigenvalue weighted by Gasteiger charge is 2.21. The van der Waals surface area contributed by atoms with Gasteiger partial charge in [-0.15, -0.1) is 10.2 Å². The van der Waals surface area contributed by atoms with Gasteiger partial charge in [-0.05, 0) is 29.9 Å². The van der Waals surface area contributed by atoms with Gasteiger partial charge in [-0.1, -0.05) is 24.8 Å². The molecule has 0 unspecified atom stereocenters. The molecule has 0 saturated heterocycles. The second-order valence-corrected chi connectivity index (χ2v) is 5.29. The SMILES string of the molecule is CCSc1nnc2n1CCc1ccc(N)cc1-2. The summed E-state index contributed by atoms with van der Waals surface area (Å²) in [6, 6.07) is 6.04. The number of benzene rings is 1. The first-order chi connectivity index (χ1) is 8.29. The van der Waals surface area contributed by atoms with Gasteiger partial charge in [-0.2, -0.15) is 0 Å². The Kier molecular flexibility index (Phi) is 2.55. The molecule has 1 aromatic carbocycles. The van der Waals surface area contributed by atoms with Crippen molar-refractivity contribution in [3.8, 4) is 11.4 Å². The molecule has 0 spiro atoms. The second kappa shape index (κ2) is 4.07. The van der Waals surface area contributed by atoms with Crippen LogP contribution in [-0.4, -0.2) is 20.5 Å². The molecular formula is C12H14N4S. The van der Waals surface area contributed by atoms with Gasteiger partial charge in [0.15, 0.2) is 11.0 Å². The Balaban J connectivity index is 2.13. The standard InChI is InChI=1S/C12H14N4S/c1-2-17-12-15-14-11-10-7-9(13)4-3-8(10)5-6-16(11)12/h3-4,7H,2,5-6,13H2,1H3. The maximum absolute atomic E-state index is 5.84. The summed E-state index contributed by atoms with van der Waals surface area (Å²) < 4.78 is 2.19. The highest BCUT2D eigenvalue weighted by molar-refractivity contribution is 7.99. The van der Waals surface area contributed by atoms with E-state index in [1.165, 1.54) is 5.56 Å². The Bertz CT molecular complexity index is 562. The third-order valence-electron chi connectivity index (χ3n) is 2.97. The lowest BCUT2D eigenvalue weighted by Crippen LogP contribution is -2.12. The zero-order valence-corrected chi connectivity index (χ0v) is 10.5. The lowest BCUT2D eigenvalue weighted by molar-refractivity contribution is 0.626. The van der Waals surface area contributed by atoms with E-state index in [9.17, 15) is 0 Å². The summed E-state index contributed by atoms with van der Waals surface area (Å²) in [6.45, 7) is 3.09. The maximum Gasteiger partial charge on any atom is 0.191 e. The van der Waals surface area contributed by atoms with Crippen molar-refractivity contribution in [1.29, 1.82) is 0 Å². The summed E-state index contributed by atoms with van der Waals surface area (Å²) >= 11 is 1.73. The van der Waals surface area contributed by atoms with Crippen molar-refractivity contribution in [3.63, 3.8) is 0 Å². The van der Waals surface area contributed by atoms with E-state index in [1.807, 2.05) is 12.1 Å². The molecule has 0 fully saturated rings. The minimum Gasteiger partial charge on any atom is -0.399 e. The number of rotatable bonds is 2. The fourth-order valence-electron chi connectivity index (χ4n) is 2.18. The van der Waals surface area contributed by atoms with Gasteiger partial charge in [0.25, 0.3) is 0 Å². The normalized spacial score (nSPS) is 13.2. The number of aromatic nitrogens is 3. The monoisotopic (exact) mass is 246 g/mol. The Hall–Kier alpha value is -1.49. The number of fused-ring (bicyclic) bond motifs is 3. The fraction of sp³-hybridized carbons (Fsp3) is 0.333. The van der Waals surface area contributed by atoms with Crippen molar-refractivity contribution in [2.75, 3.05) is 11.5 Å². The van der Waals surface area contributed by atoms with Crippen LogP contribution < -0.4 is 5.73 Å². The lowest BCUT2D eigenvalue weighted by atomic mass is 10.0. The zero-order valence-electron chi connectivity index (χ0n) is 9.68. The number of hydrogen-bond acceptors (Lipinski definition) is 4. The minimum atomic E-state index is 0.782. The van der Waals surface area contributed by atoms with Crippen molar-refractivity contribution in [2.45, 2.75) is 25.0 Å². The average Bonchev–Trinajstić information content (AvgIpc) is 2.73. The summed E-state index contributed by atoms with van der Waals surface area (Å²) in [6.07, 6.45) is 1.03. The second-order valence-electron chi connectivity index (χ2n) is 4.06. The number of hydrogen-bond donors (Lipinski definition) is 1. The topological polar surface area (TPSA) is 56.7 Å². The van der Waals surface area contributed by atoms with Gasteiger partial charge in [0, 0.05) is 17.8 Å². The molecule has 2 aromatic rings. The van der Waals surface area contributed by atoms with E-state index in [2.05, 4.69) is 27.8 Å². The molecule has 3 rings (SSSR count). The predicted molar refractivity (Wildman–Crippen MR) is 70.0 cm³/mol. The van der Waals surface area contributed by atoms with Gasteiger partial charge in [-0.25, -0.2) is 0 Å². The van der Waals surface area contributed by atoms with Crippen molar-refractivity contribution in [2.24, 2.45) is 0 Å².